The number of nitrogens with zero attached hydrogens (tertiary/aromatic N) is 1. The van der Waals surface area contributed by atoms with Crippen LogP contribution in [-0.4, -0.2) is 43.5 Å². The average molecular weight is 227 g/mol. The second-order valence-corrected chi connectivity index (χ2v) is 3.38. The summed E-state index contributed by atoms with van der Waals surface area (Å²) >= 11 is 2.08. The van der Waals surface area contributed by atoms with Gasteiger partial charge in [-0.3, -0.25) is 0 Å². The molecule has 48 valence electrons. The molecule has 0 saturated carbocycles. The molecule has 0 heterocycles. The van der Waals surface area contributed by atoms with E-state index in [4.69, 9.17) is 0 Å². The van der Waals surface area contributed by atoms with Crippen molar-refractivity contribution in [2.75, 3.05) is 13.1 Å². The van der Waals surface area contributed by atoms with Crippen LogP contribution in [0.25, 0.3) is 0 Å². The summed E-state index contributed by atoms with van der Waals surface area (Å²) in [6.45, 7) is 8.79. The van der Waals surface area contributed by atoms with E-state index in [2.05, 4.69) is 47.5 Å². The summed E-state index contributed by atoms with van der Waals surface area (Å²) in [5, 5.41) is 0. The van der Waals surface area contributed by atoms with Crippen molar-refractivity contribution in [1.29, 1.82) is 0 Å². The molecule has 0 aromatic carbocycles. The number of rotatable bonds is 3. The van der Waals surface area contributed by atoms with Gasteiger partial charge < -0.3 is 0 Å². The summed E-state index contributed by atoms with van der Waals surface area (Å²) in [5.41, 5.74) is 0. The molecule has 0 unspecified atom stereocenters. The molecule has 0 aliphatic heterocycles. The third-order valence-corrected chi connectivity index (χ3v) is 1.95. The first kappa shape index (κ1) is 8.46. The van der Waals surface area contributed by atoms with E-state index in [1.165, 1.54) is 3.67 Å². The predicted octanol–water partition coefficient (Wildman–Crippen LogP) is 0.646. The Bertz CT molecular complexity index is 76.6. The van der Waals surface area contributed by atoms with Gasteiger partial charge in [-0.05, 0) is 0 Å². The summed E-state index contributed by atoms with van der Waals surface area (Å²) in [6.07, 6.45) is 0. The van der Waals surface area contributed by atoms with Crippen molar-refractivity contribution in [3.8, 4) is 0 Å². The standard InChI is InChI=1S/C6H13NTe/c1-4-7(5-2)6(3)8/h4-5H2,1-3H3. The van der Waals surface area contributed by atoms with Gasteiger partial charge in [-0.15, -0.1) is 0 Å². The number of hydrogen-bond acceptors (Lipinski definition) is 1. The molecule has 0 rings (SSSR count). The van der Waals surface area contributed by atoms with Gasteiger partial charge in [0.15, 0.2) is 0 Å². The molecule has 0 amide bonds. The Balaban J connectivity index is 3.52. The van der Waals surface area contributed by atoms with Crippen LogP contribution in [0.5, 0.6) is 0 Å². The summed E-state index contributed by atoms with van der Waals surface area (Å²) in [6, 6.07) is 0. The zero-order chi connectivity index (χ0) is 6.57. The Hall–Kier alpha value is 0.460. The van der Waals surface area contributed by atoms with Crippen LogP contribution >= 0.6 is 0 Å². The van der Waals surface area contributed by atoms with E-state index in [0.29, 0.717) is 0 Å². The van der Waals surface area contributed by atoms with Gasteiger partial charge in [-0.25, -0.2) is 0 Å². The zero-order valence-electron chi connectivity index (χ0n) is 5.77. The molecule has 0 spiro atoms. The van der Waals surface area contributed by atoms with Gasteiger partial charge >= 0.3 is 64.3 Å². The Morgan fingerprint density at radius 2 is 1.75 bits per heavy atom. The molecule has 8 heavy (non-hydrogen) atoms. The van der Waals surface area contributed by atoms with E-state index in [1.54, 1.807) is 0 Å². The second-order valence-electron chi connectivity index (χ2n) is 1.69. The zero-order valence-corrected chi connectivity index (χ0v) is 8.10. The monoisotopic (exact) mass is 229 g/mol. The molecule has 0 aromatic heterocycles. The van der Waals surface area contributed by atoms with Crippen LogP contribution < -0.4 is 0 Å². The summed E-state index contributed by atoms with van der Waals surface area (Å²) in [5.74, 6) is 0. The Kier molecular flexibility index (Phi) is 4.60. The molecule has 0 bridgehead atoms. The van der Waals surface area contributed by atoms with Crippen LogP contribution in [0, 0.1) is 0 Å². The molecule has 1 nitrogen and oxygen atoms in total. The van der Waals surface area contributed by atoms with Crippen molar-refractivity contribution in [2.24, 2.45) is 0 Å². The van der Waals surface area contributed by atoms with Crippen molar-refractivity contribution >= 4 is 25.5 Å². The third kappa shape index (κ3) is 2.69. The van der Waals surface area contributed by atoms with Gasteiger partial charge in [0.2, 0.25) is 0 Å². The fourth-order valence-corrected chi connectivity index (χ4v) is 1.41. The van der Waals surface area contributed by atoms with Crippen LogP contribution in [0.4, 0.5) is 0 Å². The average Bonchev–Trinajstić information content (AvgIpc) is 1.69. The Morgan fingerprint density at radius 1 is 1.38 bits per heavy atom. The van der Waals surface area contributed by atoms with Gasteiger partial charge in [0.05, 0.1) is 0 Å². The van der Waals surface area contributed by atoms with E-state index in [9.17, 15) is 0 Å². The minimum absolute atomic E-state index is 1.14. The van der Waals surface area contributed by atoms with Crippen molar-refractivity contribution in [2.45, 2.75) is 20.8 Å². The Morgan fingerprint density at radius 3 is 1.75 bits per heavy atom. The second kappa shape index (κ2) is 4.35. The third-order valence-electron chi connectivity index (χ3n) is 1.21. The van der Waals surface area contributed by atoms with Gasteiger partial charge in [0, 0.05) is 0 Å². The first-order chi connectivity index (χ1) is 3.72. The van der Waals surface area contributed by atoms with Crippen molar-refractivity contribution < 1.29 is 0 Å². The minimum atomic E-state index is 1.14. The molecule has 0 aliphatic rings. The molecule has 0 radical (unpaired) electrons. The van der Waals surface area contributed by atoms with E-state index < -0.39 is 0 Å². The van der Waals surface area contributed by atoms with Crippen LogP contribution in [0.3, 0.4) is 0 Å². The van der Waals surface area contributed by atoms with Crippen LogP contribution in [0.1, 0.15) is 20.8 Å². The van der Waals surface area contributed by atoms with Gasteiger partial charge in [0.1, 0.15) is 0 Å². The fraction of sp³-hybridized carbons (Fsp3) is 0.833. The van der Waals surface area contributed by atoms with E-state index in [0.717, 1.165) is 13.1 Å². The Labute approximate surface area is 64.5 Å². The van der Waals surface area contributed by atoms with Crippen LogP contribution in [0.15, 0.2) is 0 Å². The van der Waals surface area contributed by atoms with Crippen molar-refractivity contribution in [1.82, 2.24) is 4.90 Å². The van der Waals surface area contributed by atoms with E-state index >= 15 is 0 Å². The quantitative estimate of drug-likeness (QED) is 0.639. The fourth-order valence-electron chi connectivity index (χ4n) is 0.669. The van der Waals surface area contributed by atoms with Crippen molar-refractivity contribution in [3.05, 3.63) is 0 Å². The first-order valence-electron chi connectivity index (χ1n) is 2.97. The van der Waals surface area contributed by atoms with E-state index in [-0.39, 0.29) is 0 Å². The molecule has 0 N–H and O–H groups in total. The molecular weight excluding hydrogens is 214 g/mol. The van der Waals surface area contributed by atoms with Gasteiger partial charge in [-0.2, -0.15) is 0 Å². The summed E-state index contributed by atoms with van der Waals surface area (Å²) in [7, 11) is 0. The summed E-state index contributed by atoms with van der Waals surface area (Å²) in [4.78, 5) is 2.34. The topological polar surface area (TPSA) is 3.24 Å². The van der Waals surface area contributed by atoms with Crippen molar-refractivity contribution in [3.63, 3.8) is 0 Å². The summed E-state index contributed by atoms with van der Waals surface area (Å²) < 4.78 is 1.42. The van der Waals surface area contributed by atoms with E-state index in [1.807, 2.05) is 0 Å². The van der Waals surface area contributed by atoms with Gasteiger partial charge in [0.25, 0.3) is 0 Å². The SMILES string of the molecule is CCN(CC)C(C)=[Te]. The predicted molar refractivity (Wildman–Crippen MR) is 39.4 cm³/mol. The van der Waals surface area contributed by atoms with Gasteiger partial charge in [-0.1, -0.05) is 0 Å². The maximum absolute atomic E-state index is 2.34. The molecule has 2 heteroatoms. The van der Waals surface area contributed by atoms with Crippen LogP contribution in [0.2, 0.25) is 0 Å². The molecule has 0 aromatic rings. The molecule has 0 fully saturated rings. The first-order valence-corrected chi connectivity index (χ1v) is 4.14. The number of hydrogen-bond donors (Lipinski definition) is 0. The molecule has 0 saturated heterocycles. The normalized spacial score (nSPS) is 8.88. The van der Waals surface area contributed by atoms with Crippen LogP contribution in [-0.2, 0) is 0 Å². The molecular formula is C6H13NTe. The molecule has 0 aliphatic carbocycles. The molecule has 0 atom stereocenters. The maximum atomic E-state index is 2.34.